The number of nitrogens with one attached hydrogen (secondary N) is 1. The van der Waals surface area contributed by atoms with E-state index in [9.17, 15) is 22.0 Å². The van der Waals surface area contributed by atoms with Crippen LogP contribution < -0.4 is 14.8 Å². The van der Waals surface area contributed by atoms with Crippen molar-refractivity contribution in [1.29, 1.82) is 0 Å². The Morgan fingerprint density at radius 2 is 1.85 bits per heavy atom. The molecule has 0 spiro atoms. The smallest absolute Gasteiger partial charge is 0.257 e. The van der Waals surface area contributed by atoms with Crippen molar-refractivity contribution in [3.8, 4) is 17.2 Å². The van der Waals surface area contributed by atoms with E-state index in [0.29, 0.717) is 5.82 Å². The van der Waals surface area contributed by atoms with E-state index in [1.165, 1.54) is 48.1 Å². The molecule has 33 heavy (non-hydrogen) atoms. The molecule has 0 aliphatic carbocycles. The van der Waals surface area contributed by atoms with Gasteiger partial charge in [0.25, 0.3) is 5.91 Å². The number of nitrogens with zero attached hydrogens (tertiary/aromatic N) is 3. The quantitative estimate of drug-likeness (QED) is 0.474. The first kappa shape index (κ1) is 24.1. The summed E-state index contributed by atoms with van der Waals surface area (Å²) in [4.78, 5) is 16.6. The van der Waals surface area contributed by atoms with E-state index in [-0.39, 0.29) is 33.6 Å². The number of halogens is 2. The van der Waals surface area contributed by atoms with Crippen LogP contribution in [0.3, 0.4) is 0 Å². The Kier molecular flexibility index (Phi) is 7.59. The Bertz CT molecular complexity index is 1210. The van der Waals surface area contributed by atoms with Crippen LogP contribution in [0.1, 0.15) is 17.3 Å². The molecule has 2 aromatic heterocycles. The monoisotopic (exact) mass is 480 g/mol. The van der Waals surface area contributed by atoms with Gasteiger partial charge >= 0.3 is 0 Å². The van der Waals surface area contributed by atoms with Gasteiger partial charge in [-0.05, 0) is 24.3 Å². The second-order valence-electron chi connectivity index (χ2n) is 6.91. The second kappa shape index (κ2) is 10.4. The minimum Gasteiger partial charge on any atom is -0.485 e. The number of carbonyl (C=O) groups excluding carboxylic acids is 1. The lowest BCUT2D eigenvalue weighted by atomic mass is 10.2. The normalized spacial score (nSPS) is 11.4. The van der Waals surface area contributed by atoms with Gasteiger partial charge in [-0.15, -0.1) is 0 Å². The minimum absolute atomic E-state index is 0.0112. The molecule has 0 unspecified atom stereocenters. The number of rotatable bonds is 10. The third-order valence-electron chi connectivity index (χ3n) is 4.39. The van der Waals surface area contributed by atoms with Crippen molar-refractivity contribution in [3.05, 3.63) is 54.4 Å². The Morgan fingerprint density at radius 1 is 1.12 bits per heavy atom. The molecule has 2 heterocycles. The van der Waals surface area contributed by atoms with Gasteiger partial charge in [0.15, 0.2) is 26.8 Å². The number of carbonyl (C=O) groups is 1. The fourth-order valence-corrected chi connectivity index (χ4v) is 3.48. The lowest BCUT2D eigenvalue weighted by Gasteiger charge is -2.15. The molecule has 0 aliphatic heterocycles. The Labute approximate surface area is 189 Å². The van der Waals surface area contributed by atoms with Gasteiger partial charge in [0.2, 0.25) is 0 Å². The van der Waals surface area contributed by atoms with Crippen molar-refractivity contribution in [3.63, 3.8) is 0 Å². The van der Waals surface area contributed by atoms with Crippen LogP contribution in [0.2, 0.25) is 0 Å². The van der Waals surface area contributed by atoms with Crippen molar-refractivity contribution >= 4 is 21.6 Å². The molecule has 1 amide bonds. The molecule has 1 N–H and O–H groups in total. The van der Waals surface area contributed by atoms with E-state index in [4.69, 9.17) is 9.47 Å². The standard InChI is InChI=1S/C21H22F2N4O5S/c1-3-33(29,30)20-5-4-15(13-24-20)31-16-8-14(9-17(10-16)32-18(11-22)12-23)21(28)25-19-6-7-27(2)26-19/h4-10,13,18H,3,11-12H2,1-2H3,(H,25,26,28). The van der Waals surface area contributed by atoms with Crippen LogP contribution in [-0.2, 0) is 16.9 Å². The summed E-state index contributed by atoms with van der Waals surface area (Å²) >= 11 is 0. The Balaban J connectivity index is 1.89. The zero-order valence-corrected chi connectivity index (χ0v) is 18.7. The fourth-order valence-electron chi connectivity index (χ4n) is 2.69. The number of aromatic nitrogens is 3. The van der Waals surface area contributed by atoms with E-state index in [2.05, 4.69) is 15.4 Å². The fraction of sp³-hybridized carbons (Fsp3) is 0.286. The maximum Gasteiger partial charge on any atom is 0.257 e. The van der Waals surface area contributed by atoms with Crippen LogP contribution in [0.5, 0.6) is 17.2 Å². The van der Waals surface area contributed by atoms with Crippen LogP contribution in [0, 0.1) is 0 Å². The third kappa shape index (κ3) is 6.25. The van der Waals surface area contributed by atoms with E-state index in [0.717, 1.165) is 0 Å². The number of hydrogen-bond acceptors (Lipinski definition) is 7. The van der Waals surface area contributed by atoms with Crippen LogP contribution >= 0.6 is 0 Å². The number of sulfone groups is 1. The van der Waals surface area contributed by atoms with Crippen molar-refractivity contribution in [2.24, 2.45) is 7.05 Å². The van der Waals surface area contributed by atoms with Gasteiger partial charge in [0, 0.05) is 30.9 Å². The molecule has 0 aliphatic rings. The number of hydrogen-bond donors (Lipinski definition) is 1. The highest BCUT2D eigenvalue weighted by Gasteiger charge is 2.17. The van der Waals surface area contributed by atoms with Crippen LogP contribution in [0.4, 0.5) is 14.6 Å². The molecule has 3 aromatic rings. The van der Waals surface area contributed by atoms with E-state index in [1.54, 1.807) is 19.3 Å². The summed E-state index contributed by atoms with van der Waals surface area (Å²) in [6, 6.07) is 8.36. The van der Waals surface area contributed by atoms with Gasteiger partial charge in [-0.1, -0.05) is 6.92 Å². The SMILES string of the molecule is CCS(=O)(=O)c1ccc(Oc2cc(OC(CF)CF)cc(C(=O)Nc3ccn(C)n3)c2)cn1. The highest BCUT2D eigenvalue weighted by atomic mass is 32.2. The molecule has 0 saturated carbocycles. The van der Waals surface area contributed by atoms with Crippen molar-refractivity contribution in [1.82, 2.24) is 14.8 Å². The lowest BCUT2D eigenvalue weighted by Crippen LogP contribution is -2.21. The number of aryl methyl sites for hydroxylation is 1. The summed E-state index contributed by atoms with van der Waals surface area (Å²) in [5.41, 5.74) is 0.0859. The van der Waals surface area contributed by atoms with Crippen LogP contribution in [-0.4, -0.2) is 54.3 Å². The van der Waals surface area contributed by atoms with Gasteiger partial charge < -0.3 is 14.8 Å². The highest BCUT2D eigenvalue weighted by molar-refractivity contribution is 7.91. The molecule has 9 nitrogen and oxygen atoms in total. The maximum atomic E-state index is 13.0. The molecule has 176 valence electrons. The molecule has 3 rings (SSSR count). The van der Waals surface area contributed by atoms with E-state index < -0.39 is 35.2 Å². The first-order valence-corrected chi connectivity index (χ1v) is 11.5. The highest BCUT2D eigenvalue weighted by Crippen LogP contribution is 2.29. The molecule has 0 saturated heterocycles. The van der Waals surface area contributed by atoms with E-state index in [1.807, 2.05) is 0 Å². The molecule has 0 bridgehead atoms. The summed E-state index contributed by atoms with van der Waals surface area (Å²) in [6.07, 6.45) is 1.52. The molecule has 1 aromatic carbocycles. The van der Waals surface area contributed by atoms with Crippen molar-refractivity contribution < 1.29 is 31.5 Å². The van der Waals surface area contributed by atoms with Gasteiger partial charge in [0.05, 0.1) is 11.9 Å². The zero-order chi connectivity index (χ0) is 24.0. The summed E-state index contributed by atoms with van der Waals surface area (Å²) in [6.45, 7) is -0.616. The summed E-state index contributed by atoms with van der Waals surface area (Å²) < 4.78 is 62.2. The molecule has 0 atom stereocenters. The number of pyridine rings is 1. The first-order valence-electron chi connectivity index (χ1n) is 9.85. The molecular formula is C21H22F2N4O5S. The van der Waals surface area contributed by atoms with Crippen molar-refractivity contribution in [2.75, 3.05) is 24.4 Å². The number of anilines is 1. The second-order valence-corrected chi connectivity index (χ2v) is 9.13. The van der Waals surface area contributed by atoms with Gasteiger partial charge in [-0.25, -0.2) is 22.2 Å². The lowest BCUT2D eigenvalue weighted by molar-refractivity contribution is 0.102. The minimum atomic E-state index is -3.48. The van der Waals surface area contributed by atoms with Gasteiger partial charge in [-0.2, -0.15) is 5.10 Å². The average molecular weight is 480 g/mol. The van der Waals surface area contributed by atoms with Crippen LogP contribution in [0.25, 0.3) is 0 Å². The Morgan fingerprint density at radius 3 is 2.42 bits per heavy atom. The largest absolute Gasteiger partial charge is 0.485 e. The van der Waals surface area contributed by atoms with Crippen LogP contribution in [0.15, 0.2) is 53.8 Å². The summed E-state index contributed by atoms with van der Waals surface area (Å²) in [5, 5.41) is 6.57. The molecule has 12 heteroatoms. The molecular weight excluding hydrogens is 458 g/mol. The van der Waals surface area contributed by atoms with Crippen molar-refractivity contribution in [2.45, 2.75) is 18.1 Å². The first-order chi connectivity index (χ1) is 15.7. The molecule has 0 radical (unpaired) electrons. The predicted molar refractivity (Wildman–Crippen MR) is 116 cm³/mol. The number of amides is 1. The maximum absolute atomic E-state index is 13.0. The summed E-state index contributed by atoms with van der Waals surface area (Å²) in [5.74, 6) is -0.0355. The predicted octanol–water partition coefficient (Wildman–Crippen LogP) is 3.34. The average Bonchev–Trinajstić information content (AvgIpc) is 3.22. The van der Waals surface area contributed by atoms with Gasteiger partial charge in [-0.3, -0.25) is 9.48 Å². The Hall–Kier alpha value is -3.54. The molecule has 0 fully saturated rings. The van der Waals surface area contributed by atoms with Gasteiger partial charge in [0.1, 0.15) is 30.6 Å². The summed E-state index contributed by atoms with van der Waals surface area (Å²) in [7, 11) is -1.79. The number of ether oxygens (including phenoxy) is 2. The zero-order valence-electron chi connectivity index (χ0n) is 17.9. The topological polar surface area (TPSA) is 112 Å². The third-order valence-corrected chi connectivity index (χ3v) is 6.03. The number of alkyl halides is 2. The number of benzene rings is 1. The van der Waals surface area contributed by atoms with E-state index >= 15 is 0 Å².